The fourth-order valence-corrected chi connectivity index (χ4v) is 8.33. The second-order valence-electron chi connectivity index (χ2n) is 10.2. The molecule has 172 valence electrons. The largest absolute Gasteiger partial charge is 0.383 e. The number of benzene rings is 1. The second-order valence-corrected chi connectivity index (χ2v) is 11.9. The predicted octanol–water partition coefficient (Wildman–Crippen LogP) is 5.19. The minimum atomic E-state index is -0.0222. The van der Waals surface area contributed by atoms with Crippen LogP contribution in [-0.4, -0.2) is 45.2 Å². The molecule has 4 aliphatic carbocycles. The Morgan fingerprint density at radius 1 is 1.15 bits per heavy atom. The first-order valence-electron chi connectivity index (χ1n) is 11.9. The molecule has 0 radical (unpaired) electrons. The van der Waals surface area contributed by atoms with Gasteiger partial charge in [0, 0.05) is 24.3 Å². The maximum Gasteiger partial charge on any atom is 0.266 e. The van der Waals surface area contributed by atoms with Gasteiger partial charge in [0.1, 0.15) is 4.32 Å². The normalized spacial score (nSPS) is 31.8. The molecule has 0 unspecified atom stereocenters. The van der Waals surface area contributed by atoms with Crippen LogP contribution >= 0.6 is 24.0 Å². The Hall–Kier alpha value is -1.96. The van der Waals surface area contributed by atoms with Gasteiger partial charge >= 0.3 is 0 Å². The molecule has 1 saturated heterocycles. The van der Waals surface area contributed by atoms with Crippen molar-refractivity contribution in [3.05, 3.63) is 52.7 Å². The number of thioether (sulfide) groups is 1. The lowest BCUT2D eigenvalue weighted by Crippen LogP contribution is -2.49. The number of thiocarbonyl (C=S) groups is 1. The average Bonchev–Trinajstić information content (AvgIpc) is 3.34. The maximum absolute atomic E-state index is 13.1. The van der Waals surface area contributed by atoms with Crippen LogP contribution in [0.15, 0.2) is 41.4 Å². The van der Waals surface area contributed by atoms with Gasteiger partial charge in [-0.1, -0.05) is 42.2 Å². The van der Waals surface area contributed by atoms with Crippen LogP contribution in [0.1, 0.15) is 49.8 Å². The number of carbonyl (C=O) groups excluding carboxylic acids is 1. The number of carbonyl (C=O) groups is 1. The van der Waals surface area contributed by atoms with E-state index in [9.17, 15) is 4.79 Å². The topological polar surface area (TPSA) is 47.4 Å². The van der Waals surface area contributed by atoms with E-state index in [0.29, 0.717) is 22.4 Å². The van der Waals surface area contributed by atoms with Gasteiger partial charge in [0.05, 0.1) is 29.4 Å². The quantitative estimate of drug-likeness (QED) is 0.422. The van der Waals surface area contributed by atoms with Crippen molar-refractivity contribution < 1.29 is 9.53 Å². The minimum absolute atomic E-state index is 0.0222. The van der Waals surface area contributed by atoms with Gasteiger partial charge in [0.15, 0.2) is 0 Å². The number of hydrogen-bond donors (Lipinski definition) is 0. The minimum Gasteiger partial charge on any atom is -0.383 e. The molecule has 0 N–H and O–H groups in total. The number of ether oxygens (including phenoxy) is 1. The highest BCUT2D eigenvalue weighted by Crippen LogP contribution is 2.61. The van der Waals surface area contributed by atoms with E-state index in [1.807, 2.05) is 29.0 Å². The lowest BCUT2D eigenvalue weighted by Gasteiger charge is -2.56. The molecule has 5 fully saturated rings. The molecular formula is C26H29N3O2S2. The third-order valence-electron chi connectivity index (χ3n) is 7.98. The van der Waals surface area contributed by atoms with Crippen LogP contribution in [0.25, 0.3) is 11.8 Å². The Balaban J connectivity index is 1.42. The van der Waals surface area contributed by atoms with E-state index in [0.717, 1.165) is 29.0 Å². The standard InChI is InChI=1S/C26H29N3O2S2/c1-31-8-7-28-24(30)22(33-25(28)32)12-20-16-29(21-5-3-2-4-6-21)27-23(20)26-13-17-9-18(14-26)11-19(10-17)15-26/h2-6,12,16-19H,7-11,13-15H2,1H3/b22-12-. The molecular weight excluding hydrogens is 450 g/mol. The number of para-hydroxylation sites is 1. The molecule has 2 aromatic rings. The summed E-state index contributed by atoms with van der Waals surface area (Å²) < 4.78 is 7.78. The van der Waals surface area contributed by atoms with Gasteiger partial charge in [-0.2, -0.15) is 5.10 Å². The molecule has 0 spiro atoms. The van der Waals surface area contributed by atoms with Gasteiger partial charge in [-0.15, -0.1) is 0 Å². The van der Waals surface area contributed by atoms with Crippen molar-refractivity contribution in [2.45, 2.75) is 43.9 Å². The number of aromatic nitrogens is 2. The summed E-state index contributed by atoms with van der Waals surface area (Å²) in [6.07, 6.45) is 12.1. The van der Waals surface area contributed by atoms with Crippen molar-refractivity contribution in [1.29, 1.82) is 0 Å². The summed E-state index contributed by atoms with van der Waals surface area (Å²) in [7, 11) is 1.64. The fraction of sp³-hybridized carbons (Fsp3) is 0.500. The Morgan fingerprint density at radius 2 is 1.82 bits per heavy atom. The Morgan fingerprint density at radius 3 is 2.45 bits per heavy atom. The maximum atomic E-state index is 13.1. The molecule has 5 nitrogen and oxygen atoms in total. The van der Waals surface area contributed by atoms with Gasteiger partial charge in [-0.3, -0.25) is 9.69 Å². The number of rotatable bonds is 6. The lowest BCUT2D eigenvalue weighted by atomic mass is 9.48. The van der Waals surface area contributed by atoms with Gasteiger partial charge in [-0.05, 0) is 74.5 Å². The summed E-state index contributed by atoms with van der Waals surface area (Å²) in [5.41, 5.74) is 3.46. The smallest absolute Gasteiger partial charge is 0.266 e. The van der Waals surface area contributed by atoms with E-state index < -0.39 is 0 Å². The van der Waals surface area contributed by atoms with Crippen LogP contribution in [0.4, 0.5) is 0 Å². The highest BCUT2D eigenvalue weighted by Gasteiger charge is 2.53. The summed E-state index contributed by atoms with van der Waals surface area (Å²) in [4.78, 5) is 15.5. The van der Waals surface area contributed by atoms with Crippen molar-refractivity contribution in [1.82, 2.24) is 14.7 Å². The van der Waals surface area contributed by atoms with Crippen molar-refractivity contribution >= 4 is 40.3 Å². The molecule has 7 rings (SSSR count). The van der Waals surface area contributed by atoms with E-state index in [1.54, 1.807) is 12.0 Å². The molecule has 7 heteroatoms. The van der Waals surface area contributed by atoms with Crippen molar-refractivity contribution in [3.8, 4) is 5.69 Å². The number of nitrogens with zero attached hydrogens (tertiary/aromatic N) is 3. The molecule has 4 saturated carbocycles. The molecule has 1 aliphatic heterocycles. The first kappa shape index (κ1) is 21.6. The number of methoxy groups -OCH3 is 1. The third kappa shape index (κ3) is 3.78. The molecule has 1 amide bonds. The van der Waals surface area contributed by atoms with Crippen LogP contribution in [0, 0.1) is 17.8 Å². The molecule has 1 aromatic heterocycles. The summed E-state index contributed by atoms with van der Waals surface area (Å²) in [6, 6.07) is 10.3. The van der Waals surface area contributed by atoms with E-state index in [-0.39, 0.29) is 11.3 Å². The second kappa shape index (κ2) is 8.36. The van der Waals surface area contributed by atoms with E-state index in [2.05, 4.69) is 18.3 Å². The van der Waals surface area contributed by atoms with Crippen LogP contribution in [0.2, 0.25) is 0 Å². The van der Waals surface area contributed by atoms with Crippen LogP contribution < -0.4 is 0 Å². The Kier molecular flexibility index (Phi) is 5.46. The van der Waals surface area contributed by atoms with E-state index in [1.165, 1.54) is 56.0 Å². The monoisotopic (exact) mass is 479 g/mol. The SMILES string of the molecule is COCCN1C(=O)/C(=C/c2cn(-c3ccccc3)nc2C23CC4CC(CC(C4)C2)C3)SC1=S. The van der Waals surface area contributed by atoms with Gasteiger partial charge in [-0.25, -0.2) is 4.68 Å². The first-order valence-corrected chi connectivity index (χ1v) is 13.2. The molecule has 0 atom stereocenters. The van der Waals surface area contributed by atoms with Gasteiger partial charge in [0.2, 0.25) is 0 Å². The van der Waals surface area contributed by atoms with Crippen molar-refractivity contribution in [3.63, 3.8) is 0 Å². The van der Waals surface area contributed by atoms with Gasteiger partial charge < -0.3 is 4.74 Å². The van der Waals surface area contributed by atoms with E-state index >= 15 is 0 Å². The summed E-state index contributed by atoms with van der Waals surface area (Å²) in [5.74, 6) is 2.47. The fourth-order valence-electron chi connectivity index (χ4n) is 7.04. The highest BCUT2D eigenvalue weighted by molar-refractivity contribution is 8.26. The number of hydrogen-bond acceptors (Lipinski definition) is 5. The molecule has 33 heavy (non-hydrogen) atoms. The molecule has 2 heterocycles. The van der Waals surface area contributed by atoms with Crippen LogP contribution in [0.5, 0.6) is 0 Å². The Labute approximate surface area is 204 Å². The average molecular weight is 480 g/mol. The van der Waals surface area contributed by atoms with Gasteiger partial charge in [0.25, 0.3) is 5.91 Å². The molecule has 4 bridgehead atoms. The Bertz CT molecular complexity index is 1090. The first-order chi connectivity index (χ1) is 16.0. The number of amides is 1. The zero-order valence-electron chi connectivity index (χ0n) is 18.9. The summed E-state index contributed by atoms with van der Waals surface area (Å²) in [5, 5.41) is 5.21. The zero-order chi connectivity index (χ0) is 22.6. The van der Waals surface area contributed by atoms with Crippen molar-refractivity contribution in [2.24, 2.45) is 17.8 Å². The van der Waals surface area contributed by atoms with E-state index in [4.69, 9.17) is 22.1 Å². The predicted molar refractivity (Wildman–Crippen MR) is 135 cm³/mol. The summed E-state index contributed by atoms with van der Waals surface area (Å²) >= 11 is 6.90. The molecule has 5 aliphatic rings. The van der Waals surface area contributed by atoms with Crippen molar-refractivity contribution in [2.75, 3.05) is 20.3 Å². The van der Waals surface area contributed by atoms with Crippen LogP contribution in [-0.2, 0) is 14.9 Å². The lowest BCUT2D eigenvalue weighted by molar-refractivity contribution is -0.122. The summed E-state index contributed by atoms with van der Waals surface area (Å²) in [6.45, 7) is 0.966. The molecule has 1 aromatic carbocycles. The third-order valence-corrected chi connectivity index (χ3v) is 9.36. The zero-order valence-corrected chi connectivity index (χ0v) is 20.5. The highest BCUT2D eigenvalue weighted by atomic mass is 32.2. The van der Waals surface area contributed by atoms with Crippen LogP contribution in [0.3, 0.4) is 0 Å².